The Morgan fingerprint density at radius 3 is 2.62 bits per heavy atom. The lowest BCUT2D eigenvalue weighted by molar-refractivity contribution is 0.416. The molecule has 0 amide bonds. The molecule has 0 fully saturated rings. The summed E-state index contributed by atoms with van der Waals surface area (Å²) >= 11 is 2.83. The molecule has 0 heterocycles. The largest absolute Gasteiger partial charge is 0.505 e. The number of aromatic hydroxyl groups is 1. The highest BCUT2D eigenvalue weighted by Crippen LogP contribution is 2.29. The molecule has 1 aromatic carbocycles. The number of phenols is 1. The van der Waals surface area contributed by atoms with Crippen LogP contribution in [0.5, 0.6) is 5.75 Å². The van der Waals surface area contributed by atoms with Gasteiger partial charge in [0.1, 0.15) is 5.82 Å². The van der Waals surface area contributed by atoms with E-state index in [0.29, 0.717) is 0 Å². The summed E-state index contributed by atoms with van der Waals surface area (Å²) in [6.07, 6.45) is 0.105. The summed E-state index contributed by atoms with van der Waals surface area (Å²) < 4.78 is 26.0. The number of hydrogen-bond donors (Lipinski definition) is 2. The van der Waals surface area contributed by atoms with E-state index in [1.54, 1.807) is 0 Å². The Balaban J connectivity index is 3.28. The molecule has 0 saturated carbocycles. The van der Waals surface area contributed by atoms with E-state index < -0.39 is 17.4 Å². The Kier molecular flexibility index (Phi) is 3.22. The van der Waals surface area contributed by atoms with E-state index in [0.717, 1.165) is 6.07 Å². The standard InChI is InChI=1S/C8H8BrF2NO/c9-5-3-6(10)8(13)4(1-2-12)7(5)11/h3,13H,1-2,12H2. The lowest BCUT2D eigenvalue weighted by Crippen LogP contribution is -2.06. The van der Waals surface area contributed by atoms with E-state index in [9.17, 15) is 8.78 Å². The average Bonchev–Trinajstić information content (AvgIpc) is 2.09. The Hall–Kier alpha value is -0.680. The zero-order valence-corrected chi connectivity index (χ0v) is 8.24. The molecular weight excluding hydrogens is 244 g/mol. The molecule has 13 heavy (non-hydrogen) atoms. The van der Waals surface area contributed by atoms with Crippen LogP contribution < -0.4 is 5.73 Å². The normalized spacial score (nSPS) is 10.5. The van der Waals surface area contributed by atoms with Crippen LogP contribution in [-0.4, -0.2) is 11.7 Å². The van der Waals surface area contributed by atoms with Crippen molar-refractivity contribution in [2.45, 2.75) is 6.42 Å². The highest BCUT2D eigenvalue weighted by molar-refractivity contribution is 9.10. The first-order valence-electron chi connectivity index (χ1n) is 3.63. The number of phenolic OH excluding ortho intramolecular Hbond substituents is 1. The van der Waals surface area contributed by atoms with Crippen molar-refractivity contribution >= 4 is 15.9 Å². The second-order valence-corrected chi connectivity index (χ2v) is 3.37. The zero-order chi connectivity index (χ0) is 10.0. The zero-order valence-electron chi connectivity index (χ0n) is 6.65. The molecule has 1 rings (SSSR count). The van der Waals surface area contributed by atoms with Gasteiger partial charge in [0.25, 0.3) is 0 Å². The van der Waals surface area contributed by atoms with Crippen molar-refractivity contribution in [2.24, 2.45) is 5.73 Å². The second-order valence-electron chi connectivity index (χ2n) is 2.52. The van der Waals surface area contributed by atoms with Crippen LogP contribution in [0.4, 0.5) is 8.78 Å². The van der Waals surface area contributed by atoms with Gasteiger partial charge in [0.15, 0.2) is 11.6 Å². The van der Waals surface area contributed by atoms with Gasteiger partial charge in [0.05, 0.1) is 4.47 Å². The van der Waals surface area contributed by atoms with E-state index in [-0.39, 0.29) is 23.0 Å². The highest BCUT2D eigenvalue weighted by Gasteiger charge is 2.15. The van der Waals surface area contributed by atoms with Gasteiger partial charge in [-0.2, -0.15) is 0 Å². The molecule has 0 bridgehead atoms. The molecule has 0 radical (unpaired) electrons. The van der Waals surface area contributed by atoms with Crippen LogP contribution in [0.2, 0.25) is 0 Å². The fourth-order valence-corrected chi connectivity index (χ4v) is 1.45. The van der Waals surface area contributed by atoms with E-state index in [1.165, 1.54) is 0 Å². The maximum atomic E-state index is 13.2. The molecule has 0 saturated heterocycles. The SMILES string of the molecule is NCCc1c(O)c(F)cc(Br)c1F. The van der Waals surface area contributed by atoms with Crippen LogP contribution in [0.3, 0.4) is 0 Å². The van der Waals surface area contributed by atoms with Crippen LogP contribution in [0.15, 0.2) is 10.5 Å². The molecule has 0 aliphatic heterocycles. The summed E-state index contributed by atoms with van der Waals surface area (Å²) in [5.41, 5.74) is 5.09. The van der Waals surface area contributed by atoms with Crippen molar-refractivity contribution in [3.8, 4) is 5.75 Å². The third kappa shape index (κ3) is 1.97. The van der Waals surface area contributed by atoms with Gasteiger partial charge < -0.3 is 10.8 Å². The van der Waals surface area contributed by atoms with Gasteiger partial charge in [-0.3, -0.25) is 0 Å². The van der Waals surface area contributed by atoms with Crippen LogP contribution in [0.1, 0.15) is 5.56 Å². The number of rotatable bonds is 2. The lowest BCUT2D eigenvalue weighted by Gasteiger charge is -2.06. The lowest BCUT2D eigenvalue weighted by atomic mass is 10.1. The maximum absolute atomic E-state index is 13.2. The minimum atomic E-state index is -0.850. The minimum Gasteiger partial charge on any atom is -0.505 e. The van der Waals surface area contributed by atoms with Gasteiger partial charge in [-0.15, -0.1) is 0 Å². The maximum Gasteiger partial charge on any atom is 0.166 e. The van der Waals surface area contributed by atoms with Crippen molar-refractivity contribution in [1.29, 1.82) is 0 Å². The molecule has 3 N–H and O–H groups in total. The molecule has 0 atom stereocenters. The molecule has 0 aliphatic rings. The van der Waals surface area contributed by atoms with Crippen LogP contribution in [-0.2, 0) is 6.42 Å². The Morgan fingerprint density at radius 1 is 1.46 bits per heavy atom. The van der Waals surface area contributed by atoms with Gasteiger partial charge in [-0.05, 0) is 35.0 Å². The second kappa shape index (κ2) is 4.02. The van der Waals surface area contributed by atoms with Crippen LogP contribution >= 0.6 is 15.9 Å². The topological polar surface area (TPSA) is 46.2 Å². The molecule has 0 aromatic heterocycles. The quantitative estimate of drug-likeness (QED) is 0.790. The Bertz CT molecular complexity index is 304. The summed E-state index contributed by atoms with van der Waals surface area (Å²) in [5.74, 6) is -2.17. The molecule has 72 valence electrons. The van der Waals surface area contributed by atoms with E-state index in [2.05, 4.69) is 15.9 Å². The van der Waals surface area contributed by atoms with Gasteiger partial charge in [0.2, 0.25) is 0 Å². The molecule has 0 aliphatic carbocycles. The van der Waals surface area contributed by atoms with Crippen LogP contribution in [0.25, 0.3) is 0 Å². The first-order valence-corrected chi connectivity index (χ1v) is 4.42. The summed E-state index contributed by atoms with van der Waals surface area (Å²) in [6.45, 7) is 0.153. The minimum absolute atomic E-state index is 0.00810. The van der Waals surface area contributed by atoms with E-state index >= 15 is 0 Å². The van der Waals surface area contributed by atoms with Crippen molar-refractivity contribution in [2.75, 3.05) is 6.54 Å². The molecule has 2 nitrogen and oxygen atoms in total. The predicted octanol–water partition coefficient (Wildman–Crippen LogP) is 1.93. The smallest absolute Gasteiger partial charge is 0.166 e. The average molecular weight is 252 g/mol. The molecule has 1 aromatic rings. The van der Waals surface area contributed by atoms with Crippen LogP contribution in [0, 0.1) is 11.6 Å². The number of benzene rings is 1. The van der Waals surface area contributed by atoms with Gasteiger partial charge in [0, 0.05) is 5.56 Å². The fraction of sp³-hybridized carbons (Fsp3) is 0.250. The fourth-order valence-electron chi connectivity index (χ4n) is 1.01. The predicted molar refractivity (Wildman–Crippen MR) is 48.5 cm³/mol. The first-order chi connectivity index (χ1) is 6.07. The third-order valence-electron chi connectivity index (χ3n) is 1.63. The molecule has 0 unspecified atom stereocenters. The molecular formula is C8H8BrF2NO. The summed E-state index contributed by atoms with van der Waals surface area (Å²) in [6, 6.07) is 0.880. The number of halogens is 3. The van der Waals surface area contributed by atoms with E-state index in [1.807, 2.05) is 0 Å². The summed E-state index contributed by atoms with van der Waals surface area (Å²) in [5, 5.41) is 9.14. The van der Waals surface area contributed by atoms with Crippen molar-refractivity contribution in [3.05, 3.63) is 27.7 Å². The Morgan fingerprint density at radius 2 is 2.08 bits per heavy atom. The number of hydrogen-bond acceptors (Lipinski definition) is 2. The van der Waals surface area contributed by atoms with Crippen molar-refractivity contribution < 1.29 is 13.9 Å². The third-order valence-corrected chi connectivity index (χ3v) is 2.21. The molecule has 5 heteroatoms. The molecule has 0 spiro atoms. The van der Waals surface area contributed by atoms with Crippen molar-refractivity contribution in [3.63, 3.8) is 0 Å². The van der Waals surface area contributed by atoms with Gasteiger partial charge in [-0.1, -0.05) is 0 Å². The van der Waals surface area contributed by atoms with Crippen molar-refractivity contribution in [1.82, 2.24) is 0 Å². The highest BCUT2D eigenvalue weighted by atomic mass is 79.9. The number of nitrogens with two attached hydrogens (primary N) is 1. The Labute approximate surface area is 82.5 Å². The van der Waals surface area contributed by atoms with Gasteiger partial charge in [-0.25, -0.2) is 8.78 Å². The summed E-state index contributed by atoms with van der Waals surface area (Å²) in [4.78, 5) is 0. The van der Waals surface area contributed by atoms with E-state index in [4.69, 9.17) is 10.8 Å². The summed E-state index contributed by atoms with van der Waals surface area (Å²) in [7, 11) is 0. The first kappa shape index (κ1) is 10.4. The monoisotopic (exact) mass is 251 g/mol. The van der Waals surface area contributed by atoms with Gasteiger partial charge >= 0.3 is 0 Å².